The van der Waals surface area contributed by atoms with Gasteiger partial charge in [-0.3, -0.25) is 0 Å². The van der Waals surface area contributed by atoms with Crippen LogP contribution < -0.4 is 4.83 Å². The van der Waals surface area contributed by atoms with Gasteiger partial charge in [-0.25, -0.2) is 14.1 Å². The molecule has 0 bridgehead atoms. The Morgan fingerprint density at radius 3 is 2.08 bits per heavy atom. The summed E-state index contributed by atoms with van der Waals surface area (Å²) in [7, 11) is -2.26. The number of carbonyl (C=O) groups excluding carboxylic acids is 1. The van der Waals surface area contributed by atoms with Crippen molar-refractivity contribution in [3.63, 3.8) is 0 Å². The van der Waals surface area contributed by atoms with E-state index in [9.17, 15) is 13.2 Å². The van der Waals surface area contributed by atoms with Crippen LogP contribution in [0.4, 0.5) is 4.79 Å². The van der Waals surface area contributed by atoms with E-state index < -0.39 is 16.2 Å². The number of amides is 2. The molecule has 7 heteroatoms. The van der Waals surface area contributed by atoms with Crippen LogP contribution in [0.3, 0.4) is 0 Å². The molecule has 1 saturated heterocycles. The molecule has 12 heavy (non-hydrogen) atoms. The number of nitrogens with one attached hydrogen (secondary N) is 1. The van der Waals surface area contributed by atoms with Gasteiger partial charge >= 0.3 is 16.2 Å². The normalized spacial score (nSPS) is 22.5. The lowest BCUT2D eigenvalue weighted by Crippen LogP contribution is -2.37. The minimum absolute atomic E-state index is 0.361. The fraction of sp³-hybridized carbons (Fsp3) is 0.800. The molecule has 0 atom stereocenters. The van der Waals surface area contributed by atoms with Crippen molar-refractivity contribution in [3.05, 3.63) is 0 Å². The van der Waals surface area contributed by atoms with E-state index >= 15 is 0 Å². The Morgan fingerprint density at radius 1 is 1.42 bits per heavy atom. The van der Waals surface area contributed by atoms with E-state index in [0.29, 0.717) is 0 Å². The standard InChI is InChI=1S/C5H11N3O3S/c1-4(2)8-5(9)7(3)6-12(8,10)11/h4,6H,1-3H3. The molecule has 6 nitrogen and oxygen atoms in total. The van der Waals surface area contributed by atoms with Crippen LogP contribution in [0.5, 0.6) is 0 Å². The first-order valence-electron chi connectivity index (χ1n) is 3.46. The first kappa shape index (κ1) is 9.27. The smallest absolute Gasteiger partial charge is 0.247 e. The van der Waals surface area contributed by atoms with E-state index in [1.807, 2.05) is 0 Å². The third kappa shape index (κ3) is 1.25. The Balaban J connectivity index is 3.06. The number of hydrogen-bond donors (Lipinski definition) is 1. The van der Waals surface area contributed by atoms with Gasteiger partial charge in [-0.1, -0.05) is 0 Å². The van der Waals surface area contributed by atoms with E-state index in [1.165, 1.54) is 7.05 Å². The van der Waals surface area contributed by atoms with Crippen LogP contribution in [0, 0.1) is 0 Å². The molecule has 0 aliphatic carbocycles. The summed E-state index contributed by atoms with van der Waals surface area (Å²) >= 11 is 0. The molecule has 0 spiro atoms. The third-order valence-corrected chi connectivity index (χ3v) is 3.06. The van der Waals surface area contributed by atoms with Crippen molar-refractivity contribution < 1.29 is 13.2 Å². The first-order valence-corrected chi connectivity index (χ1v) is 4.90. The van der Waals surface area contributed by atoms with Gasteiger partial charge in [0, 0.05) is 13.1 Å². The number of rotatable bonds is 1. The SMILES string of the molecule is CC(C)N1C(=O)N(C)NS1(=O)=O. The van der Waals surface area contributed by atoms with Gasteiger partial charge < -0.3 is 0 Å². The summed E-state index contributed by atoms with van der Waals surface area (Å²) in [6, 6.07) is -0.912. The lowest BCUT2D eigenvalue weighted by molar-refractivity contribution is 0.191. The van der Waals surface area contributed by atoms with Crippen molar-refractivity contribution in [2.24, 2.45) is 0 Å². The molecular formula is C5H11N3O3S. The van der Waals surface area contributed by atoms with Gasteiger partial charge in [0.2, 0.25) is 0 Å². The highest BCUT2D eigenvalue weighted by atomic mass is 32.2. The second-order valence-electron chi connectivity index (χ2n) is 2.83. The van der Waals surface area contributed by atoms with Crippen molar-refractivity contribution >= 4 is 16.2 Å². The van der Waals surface area contributed by atoms with Gasteiger partial charge in [0.05, 0.1) is 0 Å². The summed E-state index contributed by atoms with van der Waals surface area (Å²) in [5.41, 5.74) is 0. The fourth-order valence-corrected chi connectivity index (χ4v) is 2.40. The number of nitrogens with zero attached hydrogens (tertiary/aromatic N) is 2. The van der Waals surface area contributed by atoms with Gasteiger partial charge in [0.25, 0.3) is 0 Å². The molecule has 70 valence electrons. The predicted molar refractivity (Wildman–Crippen MR) is 42.2 cm³/mol. The van der Waals surface area contributed by atoms with Crippen LogP contribution in [-0.4, -0.2) is 36.9 Å². The fourth-order valence-electron chi connectivity index (χ4n) is 1.01. The highest BCUT2D eigenvalue weighted by Crippen LogP contribution is 2.13. The van der Waals surface area contributed by atoms with E-state index in [2.05, 4.69) is 4.83 Å². The van der Waals surface area contributed by atoms with Gasteiger partial charge in [-0.2, -0.15) is 8.42 Å². The molecule has 1 rings (SSSR count). The molecule has 0 unspecified atom stereocenters. The first-order chi connectivity index (χ1) is 5.36. The summed E-state index contributed by atoms with van der Waals surface area (Å²) in [4.78, 5) is 13.2. The Kier molecular flexibility index (Phi) is 2.01. The molecule has 1 fully saturated rings. The summed E-state index contributed by atoms with van der Waals surface area (Å²) in [6.45, 7) is 3.27. The van der Waals surface area contributed by atoms with Gasteiger partial charge in [0.1, 0.15) is 0 Å². The quantitative estimate of drug-likeness (QED) is 0.611. The maximum absolute atomic E-state index is 11.2. The van der Waals surface area contributed by atoms with Crippen LogP contribution in [0.1, 0.15) is 13.8 Å². The van der Waals surface area contributed by atoms with Crippen molar-refractivity contribution in [1.82, 2.24) is 14.1 Å². The second-order valence-corrected chi connectivity index (χ2v) is 4.35. The zero-order valence-electron chi connectivity index (χ0n) is 7.10. The van der Waals surface area contributed by atoms with Crippen LogP contribution >= 0.6 is 0 Å². The second kappa shape index (κ2) is 2.60. The topological polar surface area (TPSA) is 69.7 Å². The number of hydrogen-bond acceptors (Lipinski definition) is 3. The van der Waals surface area contributed by atoms with Gasteiger partial charge in [-0.15, -0.1) is 4.83 Å². The molecule has 0 aromatic rings. The zero-order chi connectivity index (χ0) is 9.52. The largest absolute Gasteiger partial charge is 0.349 e. The molecular weight excluding hydrogens is 182 g/mol. The molecule has 0 aromatic heterocycles. The van der Waals surface area contributed by atoms with Crippen LogP contribution in [0.15, 0.2) is 0 Å². The Bertz CT molecular complexity index is 297. The lowest BCUT2D eigenvalue weighted by Gasteiger charge is -2.16. The van der Waals surface area contributed by atoms with Crippen molar-refractivity contribution in [3.8, 4) is 0 Å². The summed E-state index contributed by atoms with van der Waals surface area (Å²) < 4.78 is 23.2. The minimum Gasteiger partial charge on any atom is -0.247 e. The Hall–Kier alpha value is -0.820. The molecule has 1 heterocycles. The monoisotopic (exact) mass is 193 g/mol. The summed E-state index contributed by atoms with van der Waals surface area (Å²) in [5.74, 6) is 0. The van der Waals surface area contributed by atoms with E-state index in [1.54, 1.807) is 13.8 Å². The average Bonchev–Trinajstić information content (AvgIpc) is 2.01. The van der Waals surface area contributed by atoms with Crippen molar-refractivity contribution in [1.29, 1.82) is 0 Å². The van der Waals surface area contributed by atoms with Gasteiger partial charge in [0.15, 0.2) is 0 Å². The molecule has 1 N–H and O–H groups in total. The highest BCUT2D eigenvalue weighted by molar-refractivity contribution is 7.88. The summed E-state index contributed by atoms with van der Waals surface area (Å²) in [6.07, 6.45) is 0. The number of urea groups is 1. The van der Waals surface area contributed by atoms with E-state index in [-0.39, 0.29) is 6.04 Å². The predicted octanol–water partition coefficient (Wildman–Crippen LogP) is -0.488. The number of carbonyl (C=O) groups is 1. The third-order valence-electron chi connectivity index (χ3n) is 1.46. The Morgan fingerprint density at radius 2 is 1.92 bits per heavy atom. The molecule has 0 saturated carbocycles. The average molecular weight is 193 g/mol. The molecule has 1 aliphatic heterocycles. The highest BCUT2D eigenvalue weighted by Gasteiger charge is 2.40. The molecule has 1 aliphatic rings. The number of hydrazine groups is 1. The molecule has 0 aromatic carbocycles. The minimum atomic E-state index is -3.62. The van der Waals surface area contributed by atoms with Crippen molar-refractivity contribution in [2.75, 3.05) is 7.05 Å². The maximum atomic E-state index is 11.2. The summed E-state index contributed by atoms with van der Waals surface area (Å²) in [5, 5.41) is 0.940. The molecule has 2 amide bonds. The molecule has 0 radical (unpaired) electrons. The zero-order valence-corrected chi connectivity index (χ0v) is 7.92. The van der Waals surface area contributed by atoms with Crippen molar-refractivity contribution in [2.45, 2.75) is 19.9 Å². The van der Waals surface area contributed by atoms with Gasteiger partial charge in [-0.05, 0) is 13.8 Å². The lowest BCUT2D eigenvalue weighted by atomic mass is 10.4. The maximum Gasteiger partial charge on any atom is 0.349 e. The van der Waals surface area contributed by atoms with Crippen LogP contribution in [0.25, 0.3) is 0 Å². The van der Waals surface area contributed by atoms with E-state index in [4.69, 9.17) is 0 Å². The van der Waals surface area contributed by atoms with Crippen LogP contribution in [0.2, 0.25) is 0 Å². The van der Waals surface area contributed by atoms with Crippen LogP contribution in [-0.2, 0) is 10.2 Å². The Labute approximate surface area is 71.3 Å². The van der Waals surface area contributed by atoms with E-state index in [0.717, 1.165) is 9.31 Å².